The van der Waals surface area contributed by atoms with Gasteiger partial charge in [-0.1, -0.05) is 30.3 Å². The SMILES string of the molecule is COC(=O)c1ccc(NC(=O)N2CCN(C(=O)c3cccc(OC)c3)C(C(=O)NC3CCCc4ccccc43)C2)cc1. The molecule has 0 radical (unpaired) electrons. The number of hydrogen-bond acceptors (Lipinski definition) is 6. The van der Waals surface area contributed by atoms with E-state index >= 15 is 0 Å². The van der Waals surface area contributed by atoms with Gasteiger partial charge < -0.3 is 29.9 Å². The van der Waals surface area contributed by atoms with E-state index in [0.717, 1.165) is 24.8 Å². The molecule has 3 aromatic rings. The summed E-state index contributed by atoms with van der Waals surface area (Å²) in [5.41, 5.74) is 3.55. The fraction of sp³-hybridized carbons (Fsp3) is 0.312. The van der Waals surface area contributed by atoms with Crippen molar-refractivity contribution in [2.24, 2.45) is 0 Å². The summed E-state index contributed by atoms with van der Waals surface area (Å²) in [4.78, 5) is 55.6. The number of nitrogens with one attached hydrogen (secondary N) is 2. The van der Waals surface area contributed by atoms with Gasteiger partial charge in [0.05, 0.1) is 32.4 Å². The van der Waals surface area contributed by atoms with Gasteiger partial charge >= 0.3 is 12.0 Å². The first-order valence-corrected chi connectivity index (χ1v) is 14.0. The fourth-order valence-electron chi connectivity index (χ4n) is 5.54. The standard InChI is InChI=1S/C32H34N4O6/c1-41-25-10-5-9-23(19-25)30(38)36-18-17-35(32(40)33-24-15-13-22(14-16-24)31(39)42-2)20-28(36)29(37)34-27-12-6-8-21-7-3-4-11-26(21)27/h3-5,7,9-11,13-16,19,27-28H,6,8,12,17-18,20H2,1-2H3,(H,33,40)(H,34,37). The Hall–Kier alpha value is -4.86. The van der Waals surface area contributed by atoms with E-state index in [0.29, 0.717) is 22.6 Å². The van der Waals surface area contributed by atoms with E-state index in [-0.39, 0.29) is 37.5 Å². The number of rotatable bonds is 6. The lowest BCUT2D eigenvalue weighted by molar-refractivity contribution is -0.128. The minimum Gasteiger partial charge on any atom is -0.497 e. The van der Waals surface area contributed by atoms with Gasteiger partial charge in [0.25, 0.3) is 5.91 Å². The number of aryl methyl sites for hydroxylation is 1. The topological polar surface area (TPSA) is 117 Å². The van der Waals surface area contributed by atoms with Gasteiger partial charge in [-0.25, -0.2) is 9.59 Å². The lowest BCUT2D eigenvalue weighted by Gasteiger charge is -2.41. The zero-order valence-corrected chi connectivity index (χ0v) is 23.7. The number of methoxy groups -OCH3 is 2. The van der Waals surface area contributed by atoms with Crippen LogP contribution in [0.3, 0.4) is 0 Å². The van der Waals surface area contributed by atoms with Crippen molar-refractivity contribution < 1.29 is 28.7 Å². The predicted molar refractivity (Wildman–Crippen MR) is 156 cm³/mol. The summed E-state index contributed by atoms with van der Waals surface area (Å²) in [5.74, 6) is -0.555. The van der Waals surface area contributed by atoms with Crippen molar-refractivity contribution >= 4 is 29.5 Å². The third-order valence-electron chi connectivity index (χ3n) is 7.79. The molecule has 2 atom stereocenters. The van der Waals surface area contributed by atoms with Crippen molar-refractivity contribution in [2.45, 2.75) is 31.3 Å². The summed E-state index contributed by atoms with van der Waals surface area (Å²) in [5, 5.41) is 6.00. The number of ether oxygens (including phenoxy) is 2. The van der Waals surface area contributed by atoms with E-state index in [2.05, 4.69) is 16.7 Å². The molecule has 1 fully saturated rings. The Balaban J connectivity index is 1.35. The second-order valence-corrected chi connectivity index (χ2v) is 10.3. The van der Waals surface area contributed by atoms with Crippen LogP contribution < -0.4 is 15.4 Å². The van der Waals surface area contributed by atoms with Gasteiger partial charge in [-0.15, -0.1) is 0 Å². The van der Waals surface area contributed by atoms with Crippen LogP contribution in [0.2, 0.25) is 0 Å². The van der Waals surface area contributed by atoms with Gasteiger partial charge in [-0.05, 0) is 72.9 Å². The third-order valence-corrected chi connectivity index (χ3v) is 7.79. The Morgan fingerprint density at radius 1 is 0.881 bits per heavy atom. The number of hydrogen-bond donors (Lipinski definition) is 2. The Morgan fingerprint density at radius 3 is 2.43 bits per heavy atom. The molecule has 0 bridgehead atoms. The first-order valence-electron chi connectivity index (χ1n) is 14.0. The Bertz CT molecular complexity index is 1470. The van der Waals surface area contributed by atoms with Crippen molar-refractivity contribution in [3.05, 3.63) is 95.1 Å². The molecule has 0 aromatic heterocycles. The average Bonchev–Trinajstić information content (AvgIpc) is 3.04. The number of piperazine rings is 1. The Labute approximate surface area is 244 Å². The average molecular weight is 571 g/mol. The van der Waals surface area contributed by atoms with Crippen molar-refractivity contribution in [3.63, 3.8) is 0 Å². The van der Waals surface area contributed by atoms with Gasteiger partial charge in [0, 0.05) is 24.3 Å². The minimum absolute atomic E-state index is 0.0159. The number of benzene rings is 3. The number of nitrogens with zero attached hydrogens (tertiary/aromatic N) is 2. The van der Waals surface area contributed by atoms with Gasteiger partial charge in [0.15, 0.2) is 0 Å². The minimum atomic E-state index is -0.904. The van der Waals surface area contributed by atoms with E-state index in [1.54, 1.807) is 48.5 Å². The van der Waals surface area contributed by atoms with Crippen molar-refractivity contribution in [3.8, 4) is 5.75 Å². The molecule has 0 saturated carbocycles. The number of urea groups is 1. The van der Waals surface area contributed by atoms with Crippen LogP contribution in [0.5, 0.6) is 5.75 Å². The zero-order chi connectivity index (χ0) is 29.6. The van der Waals surface area contributed by atoms with E-state index in [9.17, 15) is 19.2 Å². The first kappa shape index (κ1) is 28.7. The molecular weight excluding hydrogens is 536 g/mol. The highest BCUT2D eigenvalue weighted by Crippen LogP contribution is 2.30. The van der Waals surface area contributed by atoms with E-state index in [1.165, 1.54) is 29.6 Å². The summed E-state index contributed by atoms with van der Waals surface area (Å²) < 4.78 is 10.0. The summed E-state index contributed by atoms with van der Waals surface area (Å²) in [6.07, 6.45) is 2.70. The maximum atomic E-state index is 13.9. The van der Waals surface area contributed by atoms with Crippen LogP contribution in [0.1, 0.15) is 50.7 Å². The van der Waals surface area contributed by atoms with Crippen LogP contribution in [0.15, 0.2) is 72.8 Å². The van der Waals surface area contributed by atoms with Crippen LogP contribution in [0, 0.1) is 0 Å². The second kappa shape index (κ2) is 12.8. The number of amides is 4. The maximum Gasteiger partial charge on any atom is 0.337 e. The maximum absolute atomic E-state index is 13.9. The lowest BCUT2D eigenvalue weighted by atomic mass is 9.87. The highest BCUT2D eigenvalue weighted by molar-refractivity contribution is 5.99. The second-order valence-electron chi connectivity index (χ2n) is 10.3. The normalized spacial score (nSPS) is 18.0. The summed E-state index contributed by atoms with van der Waals surface area (Å²) in [6.45, 7) is 0.421. The molecular formula is C32H34N4O6. The van der Waals surface area contributed by atoms with Gasteiger partial charge in [0.1, 0.15) is 11.8 Å². The molecule has 10 nitrogen and oxygen atoms in total. The number of carbonyl (C=O) groups excluding carboxylic acids is 4. The summed E-state index contributed by atoms with van der Waals surface area (Å²) in [6, 6.07) is 19.7. The molecule has 1 aliphatic heterocycles. The monoisotopic (exact) mass is 570 g/mol. The van der Waals surface area contributed by atoms with Crippen molar-refractivity contribution in [1.82, 2.24) is 15.1 Å². The molecule has 1 aliphatic carbocycles. The molecule has 10 heteroatoms. The summed E-state index contributed by atoms with van der Waals surface area (Å²) >= 11 is 0. The first-order chi connectivity index (χ1) is 20.4. The number of fused-ring (bicyclic) bond motifs is 1. The fourth-order valence-corrected chi connectivity index (χ4v) is 5.54. The summed E-state index contributed by atoms with van der Waals surface area (Å²) in [7, 11) is 2.83. The Kier molecular flexibility index (Phi) is 8.71. The third kappa shape index (κ3) is 6.22. The van der Waals surface area contributed by atoms with Crippen LogP contribution in [-0.2, 0) is 16.0 Å². The predicted octanol–water partition coefficient (Wildman–Crippen LogP) is 4.03. The smallest absolute Gasteiger partial charge is 0.337 e. The van der Waals surface area contributed by atoms with Crippen molar-refractivity contribution in [2.75, 3.05) is 39.2 Å². The molecule has 2 unspecified atom stereocenters. The van der Waals surface area contributed by atoms with Gasteiger partial charge in [0.2, 0.25) is 5.91 Å². The molecule has 3 aromatic carbocycles. The van der Waals surface area contributed by atoms with Gasteiger partial charge in [-0.2, -0.15) is 0 Å². The quantitative estimate of drug-likeness (QED) is 0.432. The molecule has 4 amide bonds. The largest absolute Gasteiger partial charge is 0.497 e. The number of anilines is 1. The molecule has 42 heavy (non-hydrogen) atoms. The molecule has 5 rings (SSSR count). The molecule has 1 saturated heterocycles. The highest BCUT2D eigenvalue weighted by atomic mass is 16.5. The molecule has 2 N–H and O–H groups in total. The zero-order valence-electron chi connectivity index (χ0n) is 23.7. The van der Waals surface area contributed by atoms with E-state index < -0.39 is 18.0 Å². The molecule has 0 spiro atoms. The van der Waals surface area contributed by atoms with Crippen molar-refractivity contribution in [1.29, 1.82) is 0 Å². The molecule has 218 valence electrons. The van der Waals surface area contributed by atoms with Crippen LogP contribution >= 0.6 is 0 Å². The van der Waals surface area contributed by atoms with E-state index in [4.69, 9.17) is 9.47 Å². The van der Waals surface area contributed by atoms with Crippen LogP contribution in [0.25, 0.3) is 0 Å². The highest BCUT2D eigenvalue weighted by Gasteiger charge is 2.38. The number of carbonyl (C=O) groups is 4. The van der Waals surface area contributed by atoms with E-state index in [1.807, 2.05) is 18.2 Å². The number of esters is 1. The lowest BCUT2D eigenvalue weighted by Crippen LogP contribution is -2.62. The van der Waals surface area contributed by atoms with Crippen LogP contribution in [0.4, 0.5) is 10.5 Å². The molecule has 2 aliphatic rings. The van der Waals surface area contributed by atoms with Crippen LogP contribution in [-0.4, -0.2) is 73.5 Å². The van der Waals surface area contributed by atoms with Gasteiger partial charge in [-0.3, -0.25) is 9.59 Å². The Morgan fingerprint density at radius 2 is 1.67 bits per heavy atom. The molecule has 1 heterocycles.